The molecule has 1 fully saturated rings. The van der Waals surface area contributed by atoms with Crippen molar-refractivity contribution >= 4 is 26.8 Å². The monoisotopic (exact) mass is 263 g/mol. The Morgan fingerprint density at radius 3 is 2.80 bits per heavy atom. The number of alkyl halides is 1. The predicted molar refractivity (Wildman–Crippen MR) is 67.3 cm³/mol. The lowest BCUT2D eigenvalue weighted by Gasteiger charge is -2.02. The van der Waals surface area contributed by atoms with Crippen LogP contribution in [0.15, 0.2) is 30.5 Å². The lowest BCUT2D eigenvalue weighted by atomic mass is 10.2. The molecule has 0 amide bonds. The Morgan fingerprint density at radius 2 is 2.07 bits per heavy atom. The lowest BCUT2D eigenvalue weighted by molar-refractivity contribution is 0.646. The molecule has 1 saturated carbocycles. The fourth-order valence-electron chi connectivity index (χ4n) is 2.16. The highest BCUT2D eigenvalue weighted by molar-refractivity contribution is 9.08. The first-order chi connectivity index (χ1) is 7.38. The molecule has 1 nitrogen and oxygen atoms in total. The maximum atomic E-state index is 3.56. The summed E-state index contributed by atoms with van der Waals surface area (Å²) >= 11 is 3.56. The Balaban J connectivity index is 2.11. The van der Waals surface area contributed by atoms with Crippen molar-refractivity contribution in [3.05, 3.63) is 36.0 Å². The molecule has 0 unspecified atom stereocenters. The average Bonchev–Trinajstić information content (AvgIpc) is 3.01. The maximum absolute atomic E-state index is 3.56. The van der Waals surface area contributed by atoms with Crippen LogP contribution >= 0.6 is 15.9 Å². The molecule has 2 aromatic rings. The third kappa shape index (κ3) is 1.71. The van der Waals surface area contributed by atoms with Gasteiger partial charge in [0.05, 0.1) is 0 Å². The molecule has 15 heavy (non-hydrogen) atoms. The van der Waals surface area contributed by atoms with Crippen LogP contribution in [0.3, 0.4) is 0 Å². The minimum atomic E-state index is 0.934. The number of halogens is 1. The maximum Gasteiger partial charge on any atom is 0.0483 e. The molecular weight excluding hydrogens is 250 g/mol. The molecule has 0 radical (unpaired) electrons. The van der Waals surface area contributed by atoms with Gasteiger partial charge in [-0.3, -0.25) is 0 Å². The minimum Gasteiger partial charge on any atom is -0.347 e. The van der Waals surface area contributed by atoms with Crippen LogP contribution in [0.4, 0.5) is 0 Å². The van der Waals surface area contributed by atoms with Crippen molar-refractivity contribution in [3.63, 3.8) is 0 Å². The van der Waals surface area contributed by atoms with Crippen LogP contribution in [0, 0.1) is 5.92 Å². The van der Waals surface area contributed by atoms with Crippen LogP contribution in [0.5, 0.6) is 0 Å². The number of hydrogen-bond acceptors (Lipinski definition) is 0. The fourth-order valence-corrected chi connectivity index (χ4v) is 2.61. The molecule has 0 saturated heterocycles. The Morgan fingerprint density at radius 1 is 1.27 bits per heavy atom. The normalized spacial score (nSPS) is 16.1. The second-order valence-corrected chi connectivity index (χ2v) is 4.96. The van der Waals surface area contributed by atoms with Crippen molar-refractivity contribution in [3.8, 4) is 0 Å². The lowest BCUT2D eigenvalue weighted by Crippen LogP contribution is -1.96. The van der Waals surface area contributed by atoms with Gasteiger partial charge in [-0.15, -0.1) is 0 Å². The number of nitrogens with zero attached hydrogens (tertiary/aromatic N) is 1. The predicted octanol–water partition coefficient (Wildman–Crippen LogP) is 3.95. The van der Waals surface area contributed by atoms with Gasteiger partial charge in [-0.1, -0.05) is 34.1 Å². The smallest absolute Gasteiger partial charge is 0.0483 e. The van der Waals surface area contributed by atoms with E-state index in [1.54, 1.807) is 0 Å². The Hall–Kier alpha value is -0.760. The van der Waals surface area contributed by atoms with E-state index in [0.29, 0.717) is 0 Å². The van der Waals surface area contributed by atoms with Crippen LogP contribution in [-0.2, 0) is 11.9 Å². The molecule has 1 aliphatic rings. The number of benzene rings is 1. The van der Waals surface area contributed by atoms with Crippen LogP contribution in [0.1, 0.15) is 18.4 Å². The Labute approximate surface area is 98.2 Å². The van der Waals surface area contributed by atoms with Gasteiger partial charge in [0.25, 0.3) is 0 Å². The molecule has 2 heteroatoms. The van der Waals surface area contributed by atoms with Gasteiger partial charge in [-0.25, -0.2) is 0 Å². The van der Waals surface area contributed by atoms with Crippen molar-refractivity contribution in [2.24, 2.45) is 5.92 Å². The van der Waals surface area contributed by atoms with Crippen LogP contribution in [0.25, 0.3) is 10.9 Å². The van der Waals surface area contributed by atoms with E-state index in [1.807, 2.05) is 0 Å². The first-order valence-corrected chi connectivity index (χ1v) is 6.63. The van der Waals surface area contributed by atoms with Gasteiger partial charge in [-0.05, 0) is 30.4 Å². The van der Waals surface area contributed by atoms with E-state index in [-0.39, 0.29) is 0 Å². The summed E-state index contributed by atoms with van der Waals surface area (Å²) in [6.45, 7) is 1.20. The van der Waals surface area contributed by atoms with Gasteiger partial charge in [0.15, 0.2) is 0 Å². The Bertz CT molecular complexity index is 482. The first-order valence-electron chi connectivity index (χ1n) is 5.51. The number of rotatable bonds is 3. The molecule has 1 aliphatic carbocycles. The van der Waals surface area contributed by atoms with E-state index in [4.69, 9.17) is 0 Å². The molecule has 0 spiro atoms. The zero-order valence-corrected chi connectivity index (χ0v) is 10.2. The van der Waals surface area contributed by atoms with Gasteiger partial charge in [0.2, 0.25) is 0 Å². The van der Waals surface area contributed by atoms with Crippen molar-refractivity contribution in [2.45, 2.75) is 24.7 Å². The van der Waals surface area contributed by atoms with Crippen molar-refractivity contribution in [1.82, 2.24) is 4.57 Å². The van der Waals surface area contributed by atoms with Gasteiger partial charge in [-0.2, -0.15) is 0 Å². The third-order valence-corrected chi connectivity index (χ3v) is 3.77. The molecule has 1 aromatic heterocycles. The number of para-hydroxylation sites is 1. The highest BCUT2D eigenvalue weighted by atomic mass is 79.9. The van der Waals surface area contributed by atoms with Gasteiger partial charge < -0.3 is 4.57 Å². The SMILES string of the molecule is BrCc1cn(CC2CC2)c2ccccc12. The largest absolute Gasteiger partial charge is 0.347 e. The van der Waals surface area contributed by atoms with Gasteiger partial charge in [0.1, 0.15) is 0 Å². The van der Waals surface area contributed by atoms with Crippen LogP contribution in [-0.4, -0.2) is 4.57 Å². The van der Waals surface area contributed by atoms with E-state index in [9.17, 15) is 0 Å². The van der Waals surface area contributed by atoms with Crippen molar-refractivity contribution < 1.29 is 0 Å². The molecule has 0 bridgehead atoms. The average molecular weight is 264 g/mol. The molecule has 0 aliphatic heterocycles. The molecule has 1 heterocycles. The highest BCUT2D eigenvalue weighted by Gasteiger charge is 2.22. The van der Waals surface area contributed by atoms with Crippen LogP contribution < -0.4 is 0 Å². The van der Waals surface area contributed by atoms with Crippen molar-refractivity contribution in [2.75, 3.05) is 0 Å². The van der Waals surface area contributed by atoms with Crippen LogP contribution in [0.2, 0.25) is 0 Å². The number of aromatic nitrogens is 1. The number of hydrogen-bond donors (Lipinski definition) is 0. The third-order valence-electron chi connectivity index (χ3n) is 3.17. The molecule has 3 rings (SSSR count). The molecule has 1 aromatic carbocycles. The summed E-state index contributed by atoms with van der Waals surface area (Å²) in [6, 6.07) is 8.69. The first kappa shape index (κ1) is 9.46. The van der Waals surface area contributed by atoms with Crippen molar-refractivity contribution in [1.29, 1.82) is 0 Å². The summed E-state index contributed by atoms with van der Waals surface area (Å²) in [6.07, 6.45) is 5.13. The highest BCUT2D eigenvalue weighted by Crippen LogP contribution is 2.33. The van der Waals surface area contributed by atoms with E-state index in [1.165, 1.54) is 35.9 Å². The second-order valence-electron chi connectivity index (χ2n) is 4.40. The van der Waals surface area contributed by atoms with E-state index >= 15 is 0 Å². The van der Waals surface area contributed by atoms with E-state index in [0.717, 1.165) is 11.2 Å². The quantitative estimate of drug-likeness (QED) is 0.740. The zero-order valence-electron chi connectivity index (χ0n) is 8.62. The second kappa shape index (κ2) is 3.67. The fraction of sp³-hybridized carbons (Fsp3) is 0.385. The molecule has 78 valence electrons. The molecule has 0 atom stereocenters. The van der Waals surface area contributed by atoms with Gasteiger partial charge >= 0.3 is 0 Å². The summed E-state index contributed by atoms with van der Waals surface area (Å²) < 4.78 is 2.42. The summed E-state index contributed by atoms with van der Waals surface area (Å²) in [5.74, 6) is 0.934. The summed E-state index contributed by atoms with van der Waals surface area (Å²) in [4.78, 5) is 0. The summed E-state index contributed by atoms with van der Waals surface area (Å²) in [5, 5.41) is 2.35. The minimum absolute atomic E-state index is 0.934. The van der Waals surface area contributed by atoms with Gasteiger partial charge in [0, 0.05) is 29.0 Å². The topological polar surface area (TPSA) is 4.93 Å². The number of fused-ring (bicyclic) bond motifs is 1. The van der Waals surface area contributed by atoms with E-state index in [2.05, 4.69) is 51.0 Å². The Kier molecular flexibility index (Phi) is 2.32. The summed E-state index contributed by atoms with van der Waals surface area (Å²) in [5.41, 5.74) is 2.80. The van der Waals surface area contributed by atoms with E-state index < -0.39 is 0 Å². The molecule has 0 N–H and O–H groups in total. The summed E-state index contributed by atoms with van der Waals surface area (Å²) in [7, 11) is 0. The zero-order chi connectivity index (χ0) is 10.3. The molecular formula is C13H14BrN. The standard InChI is InChI=1S/C13H14BrN/c14-7-11-9-15(8-10-5-6-10)13-4-2-1-3-12(11)13/h1-4,9-10H,5-8H2.